The molecule has 0 spiro atoms. The molecule has 8 heavy (non-hydrogen) atoms. The van der Waals surface area contributed by atoms with E-state index in [0.717, 1.165) is 6.08 Å². The van der Waals surface area contributed by atoms with Gasteiger partial charge in [0.15, 0.2) is 0 Å². The highest BCUT2D eigenvalue weighted by molar-refractivity contribution is 5.82. The molecular formula is C6H7O2. The molecule has 0 atom stereocenters. The molecule has 2 heteroatoms. The molecule has 0 aliphatic rings. The summed E-state index contributed by atoms with van der Waals surface area (Å²) in [5.74, 6) is -0.389. The summed E-state index contributed by atoms with van der Waals surface area (Å²) in [5, 5.41) is 0. The summed E-state index contributed by atoms with van der Waals surface area (Å²) < 4.78 is 4.34. The van der Waals surface area contributed by atoms with Crippen LogP contribution in [0.4, 0.5) is 0 Å². The Kier molecular flexibility index (Phi) is 2.62. The van der Waals surface area contributed by atoms with Crippen molar-refractivity contribution >= 4 is 5.97 Å². The Bertz CT molecular complexity index is 124. The van der Waals surface area contributed by atoms with E-state index in [-0.39, 0.29) is 5.76 Å². The van der Waals surface area contributed by atoms with E-state index in [2.05, 4.69) is 24.8 Å². The van der Waals surface area contributed by atoms with Crippen molar-refractivity contribution in [2.24, 2.45) is 0 Å². The van der Waals surface area contributed by atoms with Gasteiger partial charge in [0.1, 0.15) is 5.76 Å². The highest BCUT2D eigenvalue weighted by atomic mass is 16.5. The van der Waals surface area contributed by atoms with Gasteiger partial charge in [-0.15, -0.1) is 0 Å². The average molecular weight is 111 g/mol. The van der Waals surface area contributed by atoms with E-state index < -0.39 is 5.97 Å². The smallest absolute Gasteiger partial charge is 0.335 e. The van der Waals surface area contributed by atoms with E-state index >= 15 is 0 Å². The van der Waals surface area contributed by atoms with Gasteiger partial charge in [-0.1, -0.05) is 13.2 Å². The number of ether oxygens (including phenoxy) is 1. The molecule has 0 rings (SSSR count). The first kappa shape index (κ1) is 6.95. The number of hydrogen-bond donors (Lipinski definition) is 0. The normalized spacial score (nSPS) is 7.62. The maximum atomic E-state index is 10.2. The van der Waals surface area contributed by atoms with E-state index in [9.17, 15) is 4.79 Å². The van der Waals surface area contributed by atoms with Crippen molar-refractivity contribution in [2.45, 2.75) is 0 Å². The maximum Gasteiger partial charge on any atom is 0.335 e. The number of allylic oxidation sites excluding steroid dienone is 1. The van der Waals surface area contributed by atoms with Crippen LogP contribution in [0, 0.1) is 6.92 Å². The van der Waals surface area contributed by atoms with Gasteiger partial charge < -0.3 is 4.74 Å². The molecule has 0 saturated carbocycles. The fraction of sp³-hybridized carbons (Fsp3) is 0. The monoisotopic (exact) mass is 111 g/mol. The van der Waals surface area contributed by atoms with Gasteiger partial charge in [-0.05, 0) is 0 Å². The third-order valence-electron chi connectivity index (χ3n) is 0.412. The molecule has 0 aromatic heterocycles. The molecule has 0 heterocycles. The summed E-state index contributed by atoms with van der Waals surface area (Å²) in [6.07, 6.45) is 1.05. The Balaban J connectivity index is 3.55. The molecule has 43 valence electrons. The lowest BCUT2D eigenvalue weighted by atomic mass is 10.6. The lowest BCUT2D eigenvalue weighted by Crippen LogP contribution is -1.95. The molecule has 0 unspecified atom stereocenters. The molecule has 0 aromatic carbocycles. The lowest BCUT2D eigenvalue weighted by Gasteiger charge is -1.94. The summed E-state index contributed by atoms with van der Waals surface area (Å²) in [7, 11) is 0. The second kappa shape index (κ2) is 3.02. The maximum absolute atomic E-state index is 10.2. The Labute approximate surface area is 48.5 Å². The quantitative estimate of drug-likeness (QED) is 0.302. The Morgan fingerprint density at radius 1 is 1.62 bits per heavy atom. The van der Waals surface area contributed by atoms with Gasteiger partial charge in [-0.25, -0.2) is 4.79 Å². The molecule has 0 saturated heterocycles. The zero-order chi connectivity index (χ0) is 6.57. The predicted molar refractivity (Wildman–Crippen MR) is 30.8 cm³/mol. The van der Waals surface area contributed by atoms with Gasteiger partial charge in [0, 0.05) is 13.0 Å². The third-order valence-corrected chi connectivity index (χ3v) is 0.412. The van der Waals surface area contributed by atoms with Gasteiger partial charge in [-0.3, -0.25) is 0 Å². The Morgan fingerprint density at radius 3 is 2.25 bits per heavy atom. The molecule has 1 radical (unpaired) electrons. The minimum Gasteiger partial charge on any atom is -0.429 e. The number of rotatable bonds is 2. The second-order valence-corrected chi connectivity index (χ2v) is 1.16. The largest absolute Gasteiger partial charge is 0.429 e. The van der Waals surface area contributed by atoms with Crippen molar-refractivity contribution in [3.05, 3.63) is 31.9 Å². The minimum absolute atomic E-state index is 0.134. The predicted octanol–water partition coefficient (Wildman–Crippen LogP) is 1.06. The molecular weight excluding hydrogens is 104 g/mol. The molecule has 0 fully saturated rings. The lowest BCUT2D eigenvalue weighted by molar-refractivity contribution is -0.133. The topological polar surface area (TPSA) is 26.3 Å². The number of hydrogen-bond acceptors (Lipinski definition) is 2. The average Bonchev–Trinajstić information content (AvgIpc) is 1.65. The van der Waals surface area contributed by atoms with Crippen LogP contribution >= 0.6 is 0 Å². The van der Waals surface area contributed by atoms with Crippen molar-refractivity contribution < 1.29 is 9.53 Å². The van der Waals surface area contributed by atoms with Crippen LogP contribution in [0.2, 0.25) is 0 Å². The van der Waals surface area contributed by atoms with E-state index in [1.54, 1.807) is 0 Å². The Morgan fingerprint density at radius 2 is 2.12 bits per heavy atom. The van der Waals surface area contributed by atoms with Crippen molar-refractivity contribution in [3.8, 4) is 0 Å². The van der Waals surface area contributed by atoms with Crippen LogP contribution < -0.4 is 0 Å². The zero-order valence-corrected chi connectivity index (χ0v) is 4.52. The SMILES string of the molecule is [CH2]C(=C)OC(=O)C=C. The molecule has 2 nitrogen and oxygen atoms in total. The van der Waals surface area contributed by atoms with Crippen molar-refractivity contribution in [1.29, 1.82) is 0 Å². The molecule has 0 aromatic rings. The van der Waals surface area contributed by atoms with E-state index in [1.807, 2.05) is 0 Å². The first-order valence-electron chi connectivity index (χ1n) is 2.02. The second-order valence-electron chi connectivity index (χ2n) is 1.16. The fourth-order valence-corrected chi connectivity index (χ4v) is 0.184. The molecule has 0 bridgehead atoms. The van der Waals surface area contributed by atoms with Crippen LogP contribution in [0.5, 0.6) is 0 Å². The van der Waals surface area contributed by atoms with Gasteiger partial charge in [0.05, 0.1) is 0 Å². The molecule has 0 amide bonds. The standard InChI is InChI=1S/C6H7O2/c1-4-6(7)8-5(2)3/h4H,1-3H2. The number of carbonyl (C=O) groups is 1. The summed E-state index contributed by atoms with van der Waals surface area (Å²) in [6, 6.07) is 0. The fourth-order valence-electron chi connectivity index (χ4n) is 0.184. The highest BCUT2D eigenvalue weighted by Gasteiger charge is 1.91. The molecule has 0 aliphatic heterocycles. The molecule has 0 N–H and O–H groups in total. The van der Waals surface area contributed by atoms with E-state index in [4.69, 9.17) is 0 Å². The van der Waals surface area contributed by atoms with Gasteiger partial charge >= 0.3 is 5.97 Å². The Hall–Kier alpha value is -1.05. The number of esters is 1. The van der Waals surface area contributed by atoms with E-state index in [0.29, 0.717) is 0 Å². The van der Waals surface area contributed by atoms with Crippen LogP contribution in [0.3, 0.4) is 0 Å². The number of carbonyl (C=O) groups excluding carboxylic acids is 1. The van der Waals surface area contributed by atoms with Crippen LogP contribution in [-0.2, 0) is 9.53 Å². The summed E-state index contributed by atoms with van der Waals surface area (Å²) in [6.45, 7) is 9.65. The molecule has 0 aliphatic carbocycles. The summed E-state index contributed by atoms with van der Waals surface area (Å²) >= 11 is 0. The highest BCUT2D eigenvalue weighted by Crippen LogP contribution is 1.89. The van der Waals surface area contributed by atoms with Gasteiger partial charge in [-0.2, -0.15) is 0 Å². The van der Waals surface area contributed by atoms with Crippen LogP contribution in [0.1, 0.15) is 0 Å². The van der Waals surface area contributed by atoms with Crippen molar-refractivity contribution in [2.75, 3.05) is 0 Å². The van der Waals surface area contributed by atoms with Crippen molar-refractivity contribution in [3.63, 3.8) is 0 Å². The summed E-state index contributed by atoms with van der Waals surface area (Å²) in [4.78, 5) is 10.2. The van der Waals surface area contributed by atoms with Crippen LogP contribution in [0.15, 0.2) is 25.0 Å². The van der Waals surface area contributed by atoms with Gasteiger partial charge in [0.25, 0.3) is 0 Å². The van der Waals surface area contributed by atoms with Gasteiger partial charge in [0.2, 0.25) is 0 Å². The first-order valence-corrected chi connectivity index (χ1v) is 2.02. The van der Waals surface area contributed by atoms with E-state index in [1.165, 1.54) is 0 Å². The summed E-state index contributed by atoms with van der Waals surface area (Å²) in [5.41, 5.74) is 0. The minimum atomic E-state index is -0.523. The van der Waals surface area contributed by atoms with Crippen LogP contribution in [-0.4, -0.2) is 5.97 Å². The van der Waals surface area contributed by atoms with Crippen molar-refractivity contribution in [1.82, 2.24) is 0 Å². The van der Waals surface area contributed by atoms with Crippen LogP contribution in [0.25, 0.3) is 0 Å². The zero-order valence-electron chi connectivity index (χ0n) is 4.52. The first-order chi connectivity index (χ1) is 3.66. The third kappa shape index (κ3) is 3.15.